The van der Waals surface area contributed by atoms with Gasteiger partial charge in [0, 0.05) is 6.07 Å². The number of aryl methyl sites for hydroxylation is 1. The van der Waals surface area contributed by atoms with Gasteiger partial charge in [0.25, 0.3) is 5.69 Å². The number of aromatic nitrogens is 1. The first-order valence-electron chi connectivity index (χ1n) is 5.97. The van der Waals surface area contributed by atoms with Crippen LogP contribution in [0.5, 0.6) is 0 Å². The summed E-state index contributed by atoms with van der Waals surface area (Å²) in [5.74, 6) is -2.09. The van der Waals surface area contributed by atoms with Gasteiger partial charge in [-0.1, -0.05) is 16.7 Å². The van der Waals surface area contributed by atoms with Crippen molar-refractivity contribution in [1.82, 2.24) is 0 Å². The number of halogens is 2. The summed E-state index contributed by atoms with van der Waals surface area (Å²) < 4.78 is 33.1. The molecule has 0 radical (unpaired) electrons. The third-order valence-corrected chi connectivity index (χ3v) is 3.06. The van der Waals surface area contributed by atoms with Gasteiger partial charge in [0.15, 0.2) is 17.6 Å². The van der Waals surface area contributed by atoms with Gasteiger partial charge in [0.05, 0.1) is 5.39 Å². The number of benzene rings is 2. The molecule has 3 nitrogen and oxygen atoms in total. The smallest absolute Gasteiger partial charge is 0.371 e. The zero-order chi connectivity index (χ0) is 14.3. The van der Waals surface area contributed by atoms with E-state index in [-0.39, 0.29) is 5.69 Å². The maximum absolute atomic E-state index is 13.7. The summed E-state index contributed by atoms with van der Waals surface area (Å²) in [4.78, 5) is 12.0. The molecule has 0 unspecified atom stereocenters. The van der Waals surface area contributed by atoms with Crippen molar-refractivity contribution in [2.45, 2.75) is 6.92 Å². The third kappa shape index (κ3) is 1.97. The van der Waals surface area contributed by atoms with Crippen molar-refractivity contribution in [3.63, 3.8) is 0 Å². The van der Waals surface area contributed by atoms with Crippen LogP contribution in [-0.2, 0) is 0 Å². The standard InChI is InChI=1S/C15H10F2NO2/c1-9-3-2-4-10-8-18(15(19)20-14(9)10)13-7-11(16)5-6-12(13)17/h2-8H,1H3/q+1. The van der Waals surface area contributed by atoms with E-state index in [1.807, 2.05) is 0 Å². The molecule has 1 heterocycles. The molecule has 0 N–H and O–H groups in total. The maximum Gasteiger partial charge on any atom is 0.608 e. The first-order valence-corrected chi connectivity index (χ1v) is 5.97. The molecule has 0 aliphatic carbocycles. The highest BCUT2D eigenvalue weighted by Gasteiger charge is 2.21. The summed E-state index contributed by atoms with van der Waals surface area (Å²) in [5, 5.41) is 0.633. The van der Waals surface area contributed by atoms with E-state index in [0.717, 1.165) is 28.3 Å². The Hall–Kier alpha value is -2.56. The van der Waals surface area contributed by atoms with Gasteiger partial charge in [-0.2, -0.15) is 9.18 Å². The predicted molar refractivity (Wildman–Crippen MR) is 68.7 cm³/mol. The van der Waals surface area contributed by atoms with E-state index in [2.05, 4.69) is 0 Å². The van der Waals surface area contributed by atoms with E-state index in [1.165, 1.54) is 6.20 Å². The second-order valence-electron chi connectivity index (χ2n) is 4.46. The van der Waals surface area contributed by atoms with Gasteiger partial charge in [0.2, 0.25) is 0 Å². The summed E-state index contributed by atoms with van der Waals surface area (Å²) in [6, 6.07) is 8.25. The van der Waals surface area contributed by atoms with Crippen molar-refractivity contribution in [1.29, 1.82) is 0 Å². The quantitative estimate of drug-likeness (QED) is 0.639. The van der Waals surface area contributed by atoms with E-state index in [0.29, 0.717) is 11.0 Å². The minimum atomic E-state index is -0.767. The average Bonchev–Trinajstić information content (AvgIpc) is 2.42. The predicted octanol–water partition coefficient (Wildman–Crippen LogP) is 2.66. The normalized spacial score (nSPS) is 10.9. The summed E-state index contributed by atoms with van der Waals surface area (Å²) in [6.45, 7) is 1.80. The van der Waals surface area contributed by atoms with Crippen molar-refractivity contribution in [2.24, 2.45) is 0 Å². The molecule has 100 valence electrons. The Balaban J connectivity index is 2.35. The van der Waals surface area contributed by atoms with Crippen molar-refractivity contribution in [3.8, 4) is 5.69 Å². The summed E-state index contributed by atoms with van der Waals surface area (Å²) in [6.07, 6.45) is 1.44. The molecule has 0 atom stereocenters. The highest BCUT2D eigenvalue weighted by atomic mass is 19.1. The van der Waals surface area contributed by atoms with Gasteiger partial charge in [-0.05, 0) is 30.7 Å². The molecule has 0 spiro atoms. The van der Waals surface area contributed by atoms with E-state index in [1.54, 1.807) is 25.1 Å². The molecule has 3 aromatic rings. The fourth-order valence-electron chi connectivity index (χ4n) is 2.08. The minimum Gasteiger partial charge on any atom is -0.371 e. The van der Waals surface area contributed by atoms with Crippen LogP contribution in [0.2, 0.25) is 0 Å². The van der Waals surface area contributed by atoms with Crippen LogP contribution >= 0.6 is 0 Å². The van der Waals surface area contributed by atoms with E-state index >= 15 is 0 Å². The Morgan fingerprint density at radius 2 is 1.95 bits per heavy atom. The lowest BCUT2D eigenvalue weighted by atomic mass is 10.2. The van der Waals surface area contributed by atoms with E-state index in [4.69, 9.17) is 4.42 Å². The zero-order valence-electron chi connectivity index (χ0n) is 10.6. The number of nitrogens with zero attached hydrogens (tertiary/aromatic N) is 1. The molecule has 0 aliphatic heterocycles. The van der Waals surface area contributed by atoms with Crippen LogP contribution in [0.3, 0.4) is 0 Å². The number of para-hydroxylation sites is 1. The van der Waals surface area contributed by atoms with Crippen molar-refractivity contribution in [2.75, 3.05) is 0 Å². The lowest BCUT2D eigenvalue weighted by Crippen LogP contribution is -2.47. The van der Waals surface area contributed by atoms with E-state index in [9.17, 15) is 13.6 Å². The lowest BCUT2D eigenvalue weighted by molar-refractivity contribution is -0.625. The first-order chi connectivity index (χ1) is 9.56. The Kier molecular flexibility index (Phi) is 2.82. The fraction of sp³-hybridized carbons (Fsp3) is 0.0667. The van der Waals surface area contributed by atoms with Gasteiger partial charge < -0.3 is 4.42 Å². The molecule has 3 rings (SSSR count). The molecular weight excluding hydrogens is 264 g/mol. The largest absolute Gasteiger partial charge is 0.608 e. The molecule has 20 heavy (non-hydrogen) atoms. The number of rotatable bonds is 1. The van der Waals surface area contributed by atoms with Crippen LogP contribution in [-0.4, -0.2) is 0 Å². The number of hydrogen-bond acceptors (Lipinski definition) is 2. The lowest BCUT2D eigenvalue weighted by Gasteiger charge is -2.00. The molecule has 5 heteroatoms. The summed E-state index contributed by atoms with van der Waals surface area (Å²) in [5.41, 5.74) is 1.05. The van der Waals surface area contributed by atoms with Crippen LogP contribution in [0.25, 0.3) is 16.7 Å². The van der Waals surface area contributed by atoms with Gasteiger partial charge >= 0.3 is 5.76 Å². The van der Waals surface area contributed by atoms with Gasteiger partial charge in [-0.25, -0.2) is 4.39 Å². The van der Waals surface area contributed by atoms with Crippen LogP contribution in [0.1, 0.15) is 5.56 Å². The Bertz CT molecular complexity index is 871. The zero-order valence-corrected chi connectivity index (χ0v) is 10.6. The molecule has 0 saturated heterocycles. The van der Waals surface area contributed by atoms with Crippen molar-refractivity contribution < 1.29 is 17.8 Å². The van der Waals surface area contributed by atoms with Gasteiger partial charge in [-0.3, -0.25) is 0 Å². The molecule has 0 amide bonds. The molecule has 0 bridgehead atoms. The highest BCUT2D eigenvalue weighted by molar-refractivity contribution is 5.77. The van der Waals surface area contributed by atoms with Crippen molar-refractivity contribution in [3.05, 3.63) is 70.3 Å². The van der Waals surface area contributed by atoms with Crippen LogP contribution in [0, 0.1) is 18.6 Å². The third-order valence-electron chi connectivity index (χ3n) is 3.06. The Labute approximate surface area is 112 Å². The van der Waals surface area contributed by atoms with Gasteiger partial charge in [-0.15, -0.1) is 0 Å². The molecule has 0 fully saturated rings. The maximum atomic E-state index is 13.7. The van der Waals surface area contributed by atoms with Crippen LogP contribution in [0.15, 0.2) is 51.8 Å². The SMILES string of the molecule is Cc1cccc2c[n+](-c3cc(F)ccc3F)c(=O)oc12. The topological polar surface area (TPSA) is 34.1 Å². The number of fused-ring (bicyclic) bond motifs is 1. The molecule has 0 saturated carbocycles. The van der Waals surface area contributed by atoms with E-state index < -0.39 is 17.4 Å². The summed E-state index contributed by atoms with van der Waals surface area (Å²) >= 11 is 0. The molecule has 0 aliphatic rings. The van der Waals surface area contributed by atoms with Crippen molar-refractivity contribution >= 4 is 11.0 Å². The van der Waals surface area contributed by atoms with Gasteiger partial charge in [0.1, 0.15) is 5.82 Å². The number of hydrogen-bond donors (Lipinski definition) is 0. The minimum absolute atomic E-state index is 0.179. The average molecular weight is 274 g/mol. The second kappa shape index (κ2) is 4.52. The van der Waals surface area contributed by atoms with Crippen LogP contribution < -0.4 is 10.3 Å². The second-order valence-corrected chi connectivity index (χ2v) is 4.46. The Morgan fingerprint density at radius 1 is 1.15 bits per heavy atom. The first kappa shape index (κ1) is 12.5. The summed E-state index contributed by atoms with van der Waals surface area (Å²) in [7, 11) is 0. The molecule has 1 aromatic heterocycles. The fourth-order valence-corrected chi connectivity index (χ4v) is 2.08. The van der Waals surface area contributed by atoms with Crippen LogP contribution in [0.4, 0.5) is 8.78 Å². The monoisotopic (exact) mass is 274 g/mol. The molecule has 2 aromatic carbocycles. The molecular formula is C15H10F2NO2+. The Morgan fingerprint density at radius 3 is 2.75 bits per heavy atom. The highest BCUT2D eigenvalue weighted by Crippen LogP contribution is 2.15.